The smallest absolute Gasteiger partial charge is 0.0573 e. The molecule has 2 heterocycles. The van der Waals surface area contributed by atoms with Crippen molar-refractivity contribution in [3.63, 3.8) is 0 Å². The lowest BCUT2D eigenvalue weighted by Gasteiger charge is -2.34. The Balaban J connectivity index is 2.08. The van der Waals surface area contributed by atoms with Crippen molar-refractivity contribution >= 4 is 0 Å². The van der Waals surface area contributed by atoms with Crippen LogP contribution in [-0.2, 0) is 0 Å². The van der Waals surface area contributed by atoms with E-state index in [0.29, 0.717) is 12.1 Å². The van der Waals surface area contributed by atoms with Gasteiger partial charge in [0.25, 0.3) is 0 Å². The first-order chi connectivity index (χ1) is 5.36. The standard InChI is InChI=1S/C9H12N2/c1-7-6-9(11-7)8-4-2-3-5-10-8/h2-5,7,9,11H,6H2,1H3. The summed E-state index contributed by atoms with van der Waals surface area (Å²) in [6.07, 6.45) is 3.07. The Morgan fingerprint density at radius 1 is 1.55 bits per heavy atom. The summed E-state index contributed by atoms with van der Waals surface area (Å²) in [5.74, 6) is 0. The molecule has 0 aliphatic carbocycles. The van der Waals surface area contributed by atoms with Gasteiger partial charge in [0.2, 0.25) is 0 Å². The van der Waals surface area contributed by atoms with E-state index in [9.17, 15) is 0 Å². The van der Waals surface area contributed by atoms with Gasteiger partial charge in [0.15, 0.2) is 0 Å². The molecule has 1 N–H and O–H groups in total. The highest BCUT2D eigenvalue weighted by molar-refractivity contribution is 5.12. The molecule has 1 fully saturated rings. The number of rotatable bonds is 1. The fourth-order valence-corrected chi connectivity index (χ4v) is 1.46. The Hall–Kier alpha value is -0.890. The number of hydrogen-bond acceptors (Lipinski definition) is 2. The average Bonchev–Trinajstić information content (AvgIpc) is 2.01. The first kappa shape index (κ1) is 6.80. The first-order valence-corrected chi connectivity index (χ1v) is 4.03. The van der Waals surface area contributed by atoms with Crippen LogP contribution in [-0.4, -0.2) is 11.0 Å². The lowest BCUT2D eigenvalue weighted by molar-refractivity contribution is 0.282. The lowest BCUT2D eigenvalue weighted by Crippen LogP contribution is -2.44. The van der Waals surface area contributed by atoms with Gasteiger partial charge in [0, 0.05) is 12.2 Å². The molecule has 2 nitrogen and oxygen atoms in total. The molecule has 0 aromatic carbocycles. The maximum atomic E-state index is 4.27. The van der Waals surface area contributed by atoms with Crippen LogP contribution in [0.15, 0.2) is 24.4 Å². The summed E-state index contributed by atoms with van der Waals surface area (Å²) >= 11 is 0. The van der Waals surface area contributed by atoms with Crippen LogP contribution in [0.25, 0.3) is 0 Å². The third-order valence-corrected chi connectivity index (χ3v) is 2.12. The van der Waals surface area contributed by atoms with Crippen molar-refractivity contribution in [1.29, 1.82) is 0 Å². The molecule has 1 saturated heterocycles. The minimum atomic E-state index is 0.506. The predicted molar refractivity (Wildman–Crippen MR) is 44.2 cm³/mol. The quantitative estimate of drug-likeness (QED) is 0.653. The second kappa shape index (κ2) is 2.62. The molecule has 2 rings (SSSR count). The molecule has 1 aliphatic heterocycles. The Morgan fingerprint density at radius 2 is 2.36 bits per heavy atom. The van der Waals surface area contributed by atoms with Gasteiger partial charge in [-0.2, -0.15) is 0 Å². The lowest BCUT2D eigenvalue weighted by atomic mass is 9.95. The highest BCUT2D eigenvalue weighted by Crippen LogP contribution is 2.25. The van der Waals surface area contributed by atoms with Crippen LogP contribution in [0.3, 0.4) is 0 Å². The fourth-order valence-electron chi connectivity index (χ4n) is 1.46. The fraction of sp³-hybridized carbons (Fsp3) is 0.444. The van der Waals surface area contributed by atoms with Crippen LogP contribution in [0.1, 0.15) is 25.1 Å². The van der Waals surface area contributed by atoms with Gasteiger partial charge >= 0.3 is 0 Å². The zero-order valence-electron chi connectivity index (χ0n) is 6.62. The minimum absolute atomic E-state index is 0.506. The molecule has 0 radical (unpaired) electrons. The molecule has 0 amide bonds. The summed E-state index contributed by atoms with van der Waals surface area (Å²) in [5, 5.41) is 3.40. The van der Waals surface area contributed by atoms with Gasteiger partial charge in [-0.05, 0) is 25.5 Å². The Bertz CT molecular complexity index is 227. The number of nitrogens with zero attached hydrogens (tertiary/aromatic N) is 1. The van der Waals surface area contributed by atoms with Crippen molar-refractivity contribution in [2.45, 2.75) is 25.4 Å². The largest absolute Gasteiger partial charge is 0.306 e. The molecule has 2 atom stereocenters. The van der Waals surface area contributed by atoms with Gasteiger partial charge < -0.3 is 5.32 Å². The maximum Gasteiger partial charge on any atom is 0.0573 e. The van der Waals surface area contributed by atoms with E-state index in [-0.39, 0.29) is 0 Å². The van der Waals surface area contributed by atoms with E-state index < -0.39 is 0 Å². The van der Waals surface area contributed by atoms with Crippen molar-refractivity contribution < 1.29 is 0 Å². The van der Waals surface area contributed by atoms with Gasteiger partial charge in [0.05, 0.1) is 11.7 Å². The average molecular weight is 148 g/mol. The van der Waals surface area contributed by atoms with Crippen LogP contribution in [0, 0.1) is 0 Å². The van der Waals surface area contributed by atoms with E-state index in [2.05, 4.69) is 23.3 Å². The van der Waals surface area contributed by atoms with E-state index in [1.165, 1.54) is 12.1 Å². The summed E-state index contributed by atoms with van der Waals surface area (Å²) < 4.78 is 0. The van der Waals surface area contributed by atoms with Gasteiger partial charge in [-0.15, -0.1) is 0 Å². The zero-order chi connectivity index (χ0) is 7.68. The van der Waals surface area contributed by atoms with Crippen LogP contribution in [0.2, 0.25) is 0 Å². The number of nitrogens with one attached hydrogen (secondary N) is 1. The van der Waals surface area contributed by atoms with Crippen LogP contribution >= 0.6 is 0 Å². The highest BCUT2D eigenvalue weighted by Gasteiger charge is 2.25. The molecule has 1 aliphatic rings. The third kappa shape index (κ3) is 1.26. The van der Waals surface area contributed by atoms with E-state index in [1.807, 2.05) is 18.3 Å². The van der Waals surface area contributed by atoms with Crippen molar-refractivity contribution in [2.24, 2.45) is 0 Å². The van der Waals surface area contributed by atoms with E-state index in [0.717, 1.165) is 0 Å². The SMILES string of the molecule is CC1CC(c2ccccn2)N1. The van der Waals surface area contributed by atoms with Gasteiger partial charge in [0.1, 0.15) is 0 Å². The van der Waals surface area contributed by atoms with Gasteiger partial charge in [-0.3, -0.25) is 4.98 Å². The van der Waals surface area contributed by atoms with Crippen LogP contribution < -0.4 is 5.32 Å². The zero-order valence-corrected chi connectivity index (χ0v) is 6.62. The Kier molecular flexibility index (Phi) is 1.62. The Morgan fingerprint density at radius 3 is 2.91 bits per heavy atom. The molecule has 11 heavy (non-hydrogen) atoms. The maximum absolute atomic E-state index is 4.27. The molecule has 2 heteroatoms. The first-order valence-electron chi connectivity index (χ1n) is 4.03. The molecule has 58 valence electrons. The van der Waals surface area contributed by atoms with Crippen molar-refractivity contribution in [3.05, 3.63) is 30.1 Å². The van der Waals surface area contributed by atoms with Crippen molar-refractivity contribution in [1.82, 2.24) is 10.3 Å². The predicted octanol–water partition coefficient (Wildman–Crippen LogP) is 1.50. The van der Waals surface area contributed by atoms with Crippen molar-refractivity contribution in [2.75, 3.05) is 0 Å². The molecule has 2 unspecified atom stereocenters. The molecule has 0 saturated carbocycles. The molecular formula is C9H12N2. The molecule has 0 spiro atoms. The van der Waals surface area contributed by atoms with E-state index in [1.54, 1.807) is 0 Å². The summed E-state index contributed by atoms with van der Waals surface area (Å²) in [6, 6.07) is 7.23. The van der Waals surface area contributed by atoms with E-state index >= 15 is 0 Å². The second-order valence-corrected chi connectivity index (χ2v) is 3.11. The highest BCUT2D eigenvalue weighted by atomic mass is 15.0. The third-order valence-electron chi connectivity index (χ3n) is 2.12. The number of pyridine rings is 1. The molecule has 1 aromatic heterocycles. The summed E-state index contributed by atoms with van der Waals surface area (Å²) in [6.45, 7) is 2.19. The summed E-state index contributed by atoms with van der Waals surface area (Å²) in [7, 11) is 0. The Labute approximate surface area is 66.7 Å². The normalized spacial score (nSPS) is 29.5. The number of hydrogen-bond donors (Lipinski definition) is 1. The summed E-state index contributed by atoms with van der Waals surface area (Å²) in [5.41, 5.74) is 1.17. The van der Waals surface area contributed by atoms with Gasteiger partial charge in [-0.1, -0.05) is 6.07 Å². The molecule has 0 bridgehead atoms. The monoisotopic (exact) mass is 148 g/mol. The topological polar surface area (TPSA) is 24.9 Å². The van der Waals surface area contributed by atoms with Crippen molar-refractivity contribution in [3.8, 4) is 0 Å². The van der Waals surface area contributed by atoms with Gasteiger partial charge in [-0.25, -0.2) is 0 Å². The number of aromatic nitrogens is 1. The van der Waals surface area contributed by atoms with Crippen LogP contribution in [0.5, 0.6) is 0 Å². The molecular weight excluding hydrogens is 136 g/mol. The molecule has 1 aromatic rings. The minimum Gasteiger partial charge on any atom is -0.306 e. The van der Waals surface area contributed by atoms with Crippen LogP contribution in [0.4, 0.5) is 0 Å². The summed E-state index contributed by atoms with van der Waals surface area (Å²) in [4.78, 5) is 4.27. The second-order valence-electron chi connectivity index (χ2n) is 3.11. The van der Waals surface area contributed by atoms with E-state index in [4.69, 9.17) is 0 Å².